The topological polar surface area (TPSA) is 72.2 Å². The summed E-state index contributed by atoms with van der Waals surface area (Å²) in [5.41, 5.74) is 8.01. The molecular weight excluding hydrogens is 272 g/mol. The van der Waals surface area contributed by atoms with E-state index in [4.69, 9.17) is 5.73 Å². The van der Waals surface area contributed by atoms with E-state index in [2.05, 4.69) is 4.72 Å². The molecule has 0 bridgehead atoms. The van der Waals surface area contributed by atoms with Crippen LogP contribution >= 0.6 is 0 Å². The van der Waals surface area contributed by atoms with E-state index in [1.165, 1.54) is 0 Å². The molecule has 5 heteroatoms. The summed E-state index contributed by atoms with van der Waals surface area (Å²) in [6.07, 6.45) is 4.97. The molecule has 1 saturated carbocycles. The summed E-state index contributed by atoms with van der Waals surface area (Å²) in [5.74, 6) is 0. The van der Waals surface area contributed by atoms with Crippen LogP contribution in [-0.2, 0) is 10.0 Å². The highest BCUT2D eigenvalue weighted by molar-refractivity contribution is 7.89. The standard InChI is InChI=1S/C15H24N2O2S/c1-11-8-12(2)10-13(9-11)20(18,19)17-15-7-5-3-4-6-14(15)16/h8-10,14-15,17H,3-7,16H2,1-2H3. The Labute approximate surface area is 121 Å². The molecular formula is C15H24N2O2S. The summed E-state index contributed by atoms with van der Waals surface area (Å²) < 4.78 is 27.8. The van der Waals surface area contributed by atoms with E-state index in [1.54, 1.807) is 12.1 Å². The maximum Gasteiger partial charge on any atom is 0.240 e. The zero-order valence-electron chi connectivity index (χ0n) is 12.2. The van der Waals surface area contributed by atoms with Gasteiger partial charge in [0, 0.05) is 12.1 Å². The number of rotatable bonds is 3. The first-order chi connectivity index (χ1) is 9.38. The third-order valence-electron chi connectivity index (χ3n) is 3.88. The van der Waals surface area contributed by atoms with Crippen LogP contribution in [0.4, 0.5) is 0 Å². The second-order valence-electron chi connectivity index (χ2n) is 5.85. The van der Waals surface area contributed by atoms with E-state index >= 15 is 0 Å². The first kappa shape index (κ1) is 15.5. The van der Waals surface area contributed by atoms with Gasteiger partial charge < -0.3 is 5.73 Å². The third kappa shape index (κ3) is 3.81. The molecule has 0 saturated heterocycles. The molecule has 1 aliphatic rings. The van der Waals surface area contributed by atoms with Crippen molar-refractivity contribution in [1.29, 1.82) is 0 Å². The van der Waals surface area contributed by atoms with Crippen LogP contribution in [0.1, 0.15) is 43.2 Å². The Kier molecular flexibility index (Phi) is 4.83. The van der Waals surface area contributed by atoms with E-state index in [0.29, 0.717) is 4.90 Å². The van der Waals surface area contributed by atoms with Gasteiger partial charge in [-0.2, -0.15) is 0 Å². The van der Waals surface area contributed by atoms with Gasteiger partial charge in [0.2, 0.25) is 10.0 Å². The molecule has 1 aromatic rings. The molecule has 0 heterocycles. The van der Waals surface area contributed by atoms with Crippen LogP contribution in [-0.4, -0.2) is 20.5 Å². The van der Waals surface area contributed by atoms with Gasteiger partial charge in [-0.1, -0.05) is 25.3 Å². The molecule has 1 aromatic carbocycles. The summed E-state index contributed by atoms with van der Waals surface area (Å²) in [6, 6.07) is 5.15. The molecule has 0 radical (unpaired) electrons. The lowest BCUT2D eigenvalue weighted by Crippen LogP contribution is -2.46. The third-order valence-corrected chi connectivity index (χ3v) is 5.35. The van der Waals surface area contributed by atoms with E-state index in [0.717, 1.165) is 43.2 Å². The lowest BCUT2D eigenvalue weighted by molar-refractivity contribution is 0.456. The molecule has 112 valence electrons. The van der Waals surface area contributed by atoms with Crippen LogP contribution < -0.4 is 10.5 Å². The van der Waals surface area contributed by atoms with Crippen molar-refractivity contribution in [1.82, 2.24) is 4.72 Å². The van der Waals surface area contributed by atoms with Crippen molar-refractivity contribution < 1.29 is 8.42 Å². The van der Waals surface area contributed by atoms with Crippen molar-refractivity contribution in [3.8, 4) is 0 Å². The highest BCUT2D eigenvalue weighted by Crippen LogP contribution is 2.20. The fourth-order valence-electron chi connectivity index (χ4n) is 2.84. The maximum absolute atomic E-state index is 12.5. The molecule has 2 unspecified atom stereocenters. The fourth-order valence-corrected chi connectivity index (χ4v) is 4.35. The summed E-state index contributed by atoms with van der Waals surface area (Å²) in [4.78, 5) is 0.339. The zero-order valence-corrected chi connectivity index (χ0v) is 13.0. The maximum atomic E-state index is 12.5. The summed E-state index contributed by atoms with van der Waals surface area (Å²) >= 11 is 0. The molecule has 2 atom stereocenters. The number of hydrogen-bond acceptors (Lipinski definition) is 3. The van der Waals surface area contributed by atoms with E-state index in [1.807, 2.05) is 19.9 Å². The van der Waals surface area contributed by atoms with Crippen molar-refractivity contribution in [2.24, 2.45) is 5.73 Å². The minimum Gasteiger partial charge on any atom is -0.326 e. The van der Waals surface area contributed by atoms with Crippen molar-refractivity contribution in [3.63, 3.8) is 0 Å². The van der Waals surface area contributed by atoms with E-state index < -0.39 is 10.0 Å². The predicted molar refractivity (Wildman–Crippen MR) is 81.1 cm³/mol. The number of nitrogens with one attached hydrogen (secondary N) is 1. The van der Waals surface area contributed by atoms with Crippen LogP contribution in [0.25, 0.3) is 0 Å². The second-order valence-corrected chi connectivity index (χ2v) is 7.57. The highest BCUT2D eigenvalue weighted by atomic mass is 32.2. The van der Waals surface area contributed by atoms with Gasteiger partial charge in [-0.25, -0.2) is 13.1 Å². The van der Waals surface area contributed by atoms with Crippen LogP contribution in [0.3, 0.4) is 0 Å². The monoisotopic (exact) mass is 296 g/mol. The van der Waals surface area contributed by atoms with Crippen LogP contribution in [0.2, 0.25) is 0 Å². The molecule has 0 aromatic heterocycles. The van der Waals surface area contributed by atoms with Crippen molar-refractivity contribution in [2.75, 3.05) is 0 Å². The van der Waals surface area contributed by atoms with Gasteiger partial charge in [0.1, 0.15) is 0 Å². The molecule has 0 aliphatic heterocycles. The SMILES string of the molecule is Cc1cc(C)cc(S(=O)(=O)NC2CCCCCC2N)c1. The number of aryl methyl sites for hydroxylation is 2. The first-order valence-corrected chi connectivity index (χ1v) is 8.73. The minimum absolute atomic E-state index is 0.0850. The average Bonchev–Trinajstić information content (AvgIpc) is 2.53. The van der Waals surface area contributed by atoms with E-state index in [-0.39, 0.29) is 12.1 Å². The summed E-state index contributed by atoms with van der Waals surface area (Å²) in [7, 11) is -3.48. The molecule has 0 amide bonds. The fraction of sp³-hybridized carbons (Fsp3) is 0.600. The molecule has 2 rings (SSSR count). The number of benzene rings is 1. The van der Waals surface area contributed by atoms with E-state index in [9.17, 15) is 8.42 Å². The predicted octanol–water partition coefficient (Wildman–Crippen LogP) is 2.24. The lowest BCUT2D eigenvalue weighted by atomic mass is 10.1. The molecule has 1 aliphatic carbocycles. The quantitative estimate of drug-likeness (QED) is 0.840. The summed E-state index contributed by atoms with van der Waals surface area (Å²) in [5, 5.41) is 0. The Morgan fingerprint density at radius 2 is 1.65 bits per heavy atom. The smallest absolute Gasteiger partial charge is 0.240 e. The van der Waals surface area contributed by atoms with Gasteiger partial charge in [-0.3, -0.25) is 0 Å². The Morgan fingerprint density at radius 3 is 2.30 bits per heavy atom. The minimum atomic E-state index is -3.48. The first-order valence-electron chi connectivity index (χ1n) is 7.25. The largest absolute Gasteiger partial charge is 0.326 e. The molecule has 3 N–H and O–H groups in total. The Hall–Kier alpha value is -0.910. The van der Waals surface area contributed by atoms with Gasteiger partial charge in [0.05, 0.1) is 4.90 Å². The molecule has 4 nitrogen and oxygen atoms in total. The molecule has 20 heavy (non-hydrogen) atoms. The summed E-state index contributed by atoms with van der Waals surface area (Å²) in [6.45, 7) is 3.81. The van der Waals surface area contributed by atoms with Crippen molar-refractivity contribution in [2.45, 2.75) is 62.9 Å². The second kappa shape index (κ2) is 6.24. The van der Waals surface area contributed by atoms with Gasteiger partial charge in [0.25, 0.3) is 0 Å². The number of sulfonamides is 1. The van der Waals surface area contributed by atoms with Crippen molar-refractivity contribution >= 4 is 10.0 Å². The Balaban J connectivity index is 2.21. The molecule has 1 fully saturated rings. The highest BCUT2D eigenvalue weighted by Gasteiger charge is 2.26. The van der Waals surface area contributed by atoms with Gasteiger partial charge in [0.15, 0.2) is 0 Å². The van der Waals surface area contributed by atoms with Gasteiger partial charge >= 0.3 is 0 Å². The van der Waals surface area contributed by atoms with Gasteiger partial charge in [-0.05, 0) is 49.9 Å². The lowest BCUT2D eigenvalue weighted by Gasteiger charge is -2.22. The Bertz CT molecular complexity index is 549. The molecule has 0 spiro atoms. The van der Waals surface area contributed by atoms with Crippen LogP contribution in [0, 0.1) is 13.8 Å². The van der Waals surface area contributed by atoms with Gasteiger partial charge in [-0.15, -0.1) is 0 Å². The Morgan fingerprint density at radius 1 is 1.05 bits per heavy atom. The number of nitrogens with two attached hydrogens (primary N) is 1. The van der Waals surface area contributed by atoms with Crippen LogP contribution in [0.5, 0.6) is 0 Å². The van der Waals surface area contributed by atoms with Crippen molar-refractivity contribution in [3.05, 3.63) is 29.3 Å². The average molecular weight is 296 g/mol. The number of hydrogen-bond donors (Lipinski definition) is 2. The zero-order chi connectivity index (χ0) is 14.8. The normalized spacial score (nSPS) is 24.4. The van der Waals surface area contributed by atoms with Crippen LogP contribution in [0.15, 0.2) is 23.1 Å².